The third-order valence-corrected chi connectivity index (χ3v) is 5.79. The molecule has 0 aliphatic rings. The summed E-state index contributed by atoms with van der Waals surface area (Å²) in [5.74, 6) is -0.0281. The topological polar surface area (TPSA) is 75.7 Å². The van der Waals surface area contributed by atoms with Crippen LogP contribution in [0.4, 0.5) is 10.1 Å². The molecule has 0 fully saturated rings. The van der Waals surface area contributed by atoms with E-state index in [2.05, 4.69) is 5.32 Å². The molecular weight excluding hydrogens is 407 g/mol. The fourth-order valence-electron chi connectivity index (χ4n) is 3.26. The average molecular weight is 437 g/mol. The van der Waals surface area contributed by atoms with Gasteiger partial charge in [0.05, 0.1) is 18.6 Å². The summed E-state index contributed by atoms with van der Waals surface area (Å²) in [6.07, 6.45) is 2.73. The molecule has 0 saturated heterocycles. The van der Waals surface area contributed by atoms with Gasteiger partial charge < -0.3 is 10.1 Å². The number of anilines is 1. The number of carbonyl (C=O) groups is 1. The van der Waals surface area contributed by atoms with Gasteiger partial charge in [0, 0.05) is 6.54 Å². The van der Waals surface area contributed by atoms with Crippen LogP contribution in [0.3, 0.4) is 0 Å². The number of nitrogens with zero attached hydrogens (tertiary/aromatic N) is 1. The Balaban J connectivity index is 2.03. The van der Waals surface area contributed by atoms with Crippen LogP contribution in [0.15, 0.2) is 48.5 Å². The molecule has 164 valence electrons. The number of benzene rings is 2. The van der Waals surface area contributed by atoms with E-state index < -0.39 is 21.9 Å². The summed E-state index contributed by atoms with van der Waals surface area (Å²) in [5.41, 5.74) is 1.32. The van der Waals surface area contributed by atoms with E-state index >= 15 is 0 Å². The van der Waals surface area contributed by atoms with E-state index in [0.717, 1.165) is 28.3 Å². The van der Waals surface area contributed by atoms with Crippen LogP contribution in [0.2, 0.25) is 0 Å². The minimum Gasteiger partial charge on any atom is -0.494 e. The fourth-order valence-corrected chi connectivity index (χ4v) is 4.47. The second kappa shape index (κ2) is 11.0. The van der Waals surface area contributed by atoms with Crippen LogP contribution in [-0.2, 0) is 21.2 Å². The molecule has 0 aliphatic carbocycles. The van der Waals surface area contributed by atoms with Crippen LogP contribution >= 0.6 is 0 Å². The second-order valence-electron chi connectivity index (χ2n) is 6.89. The number of aryl methyl sites for hydroxylation is 1. The van der Waals surface area contributed by atoms with Gasteiger partial charge >= 0.3 is 0 Å². The molecule has 0 aromatic heterocycles. The van der Waals surface area contributed by atoms with Crippen molar-refractivity contribution < 1.29 is 22.3 Å². The molecule has 6 nitrogen and oxygen atoms in total. The molecule has 0 heterocycles. The first-order valence-corrected chi connectivity index (χ1v) is 11.9. The van der Waals surface area contributed by atoms with E-state index in [1.54, 1.807) is 6.92 Å². The quantitative estimate of drug-likeness (QED) is 0.547. The molecule has 0 aliphatic heterocycles. The lowest BCUT2D eigenvalue weighted by atomic mass is 10.1. The Labute approximate surface area is 178 Å². The number of hydrogen-bond donors (Lipinski definition) is 1. The zero-order chi connectivity index (χ0) is 22.1. The van der Waals surface area contributed by atoms with E-state index in [9.17, 15) is 17.6 Å². The summed E-state index contributed by atoms with van der Waals surface area (Å²) < 4.78 is 44.7. The third kappa shape index (κ3) is 6.45. The van der Waals surface area contributed by atoms with Crippen molar-refractivity contribution in [1.29, 1.82) is 0 Å². The predicted octanol–water partition coefficient (Wildman–Crippen LogP) is 3.52. The summed E-state index contributed by atoms with van der Waals surface area (Å²) in [6.45, 7) is 4.65. The summed E-state index contributed by atoms with van der Waals surface area (Å²) >= 11 is 0. The number of para-hydroxylation sites is 1. The Morgan fingerprint density at radius 2 is 1.80 bits per heavy atom. The van der Waals surface area contributed by atoms with E-state index in [0.29, 0.717) is 19.6 Å². The van der Waals surface area contributed by atoms with Gasteiger partial charge in [0.25, 0.3) is 0 Å². The second-order valence-corrected chi connectivity index (χ2v) is 8.75. The van der Waals surface area contributed by atoms with Crippen LogP contribution in [0.5, 0.6) is 5.75 Å². The summed E-state index contributed by atoms with van der Waals surface area (Å²) in [7, 11) is -3.74. The van der Waals surface area contributed by atoms with E-state index in [-0.39, 0.29) is 18.0 Å². The van der Waals surface area contributed by atoms with Gasteiger partial charge in [-0.2, -0.15) is 0 Å². The number of ether oxygens (including phenoxy) is 1. The molecule has 1 N–H and O–H groups in total. The summed E-state index contributed by atoms with van der Waals surface area (Å²) in [5, 5.41) is 2.83. The standard InChI is InChI=1S/C22H29FN2O4S/c1-4-20(25(30(3,27)28)19-14-12-18(23)13-15-19)22(26)24-16-8-10-17-9-6-7-11-21(17)29-5-2/h6-7,9,11-15,20H,4-5,8,10,16H2,1-3H3,(H,24,26). The van der Waals surface area contributed by atoms with Crippen molar-refractivity contribution in [3.05, 3.63) is 59.9 Å². The average Bonchev–Trinajstić information content (AvgIpc) is 2.70. The number of nitrogens with one attached hydrogen (secondary N) is 1. The van der Waals surface area contributed by atoms with Gasteiger partial charge in [0.15, 0.2) is 0 Å². The molecule has 0 spiro atoms. The number of amides is 1. The maximum Gasteiger partial charge on any atom is 0.243 e. The van der Waals surface area contributed by atoms with Crippen molar-refractivity contribution in [2.75, 3.05) is 23.7 Å². The first-order valence-electron chi connectivity index (χ1n) is 10.0. The normalized spacial score (nSPS) is 12.3. The van der Waals surface area contributed by atoms with Crippen LogP contribution in [0.1, 0.15) is 32.3 Å². The molecule has 0 radical (unpaired) electrons. The summed E-state index contributed by atoms with van der Waals surface area (Å²) in [6, 6.07) is 11.9. The highest BCUT2D eigenvalue weighted by atomic mass is 32.2. The molecule has 1 unspecified atom stereocenters. The van der Waals surface area contributed by atoms with Gasteiger partial charge in [0.1, 0.15) is 17.6 Å². The predicted molar refractivity (Wildman–Crippen MR) is 117 cm³/mol. The van der Waals surface area contributed by atoms with E-state index in [1.165, 1.54) is 24.3 Å². The van der Waals surface area contributed by atoms with Crippen molar-refractivity contribution in [2.24, 2.45) is 0 Å². The van der Waals surface area contributed by atoms with Gasteiger partial charge in [-0.3, -0.25) is 9.10 Å². The smallest absolute Gasteiger partial charge is 0.243 e. The molecule has 2 rings (SSSR count). The largest absolute Gasteiger partial charge is 0.494 e. The Hall–Kier alpha value is -2.61. The van der Waals surface area contributed by atoms with Crippen LogP contribution in [-0.4, -0.2) is 39.8 Å². The highest BCUT2D eigenvalue weighted by molar-refractivity contribution is 7.92. The van der Waals surface area contributed by atoms with Gasteiger partial charge in [-0.25, -0.2) is 12.8 Å². The maximum absolute atomic E-state index is 13.3. The molecule has 30 heavy (non-hydrogen) atoms. The van der Waals surface area contributed by atoms with Gasteiger partial charge in [-0.05, 0) is 62.1 Å². The summed E-state index contributed by atoms with van der Waals surface area (Å²) in [4.78, 5) is 12.8. The Bertz CT molecular complexity index is 932. The number of sulfonamides is 1. The molecule has 0 saturated carbocycles. The van der Waals surface area contributed by atoms with E-state index in [4.69, 9.17) is 4.74 Å². The van der Waals surface area contributed by atoms with Crippen molar-refractivity contribution in [2.45, 2.75) is 39.2 Å². The Kier molecular flexibility index (Phi) is 8.65. The molecule has 1 atom stereocenters. The minimum atomic E-state index is -3.74. The Morgan fingerprint density at radius 3 is 2.40 bits per heavy atom. The van der Waals surface area contributed by atoms with E-state index in [1.807, 2.05) is 31.2 Å². The molecule has 0 bridgehead atoms. The van der Waals surface area contributed by atoms with Gasteiger partial charge in [-0.15, -0.1) is 0 Å². The number of halogens is 1. The Morgan fingerprint density at radius 1 is 1.13 bits per heavy atom. The lowest BCUT2D eigenvalue weighted by Crippen LogP contribution is -2.49. The SMILES string of the molecule is CCOc1ccccc1CCCNC(=O)C(CC)N(c1ccc(F)cc1)S(C)(=O)=O. The molecule has 8 heteroatoms. The lowest BCUT2D eigenvalue weighted by Gasteiger charge is -2.30. The zero-order valence-electron chi connectivity index (χ0n) is 17.6. The van der Waals surface area contributed by atoms with Gasteiger partial charge in [0.2, 0.25) is 15.9 Å². The first-order chi connectivity index (χ1) is 14.3. The monoisotopic (exact) mass is 436 g/mol. The third-order valence-electron chi connectivity index (χ3n) is 4.61. The molecule has 2 aromatic carbocycles. The first kappa shape index (κ1) is 23.7. The minimum absolute atomic E-state index is 0.256. The zero-order valence-corrected chi connectivity index (χ0v) is 18.4. The van der Waals surface area contributed by atoms with Crippen LogP contribution in [0.25, 0.3) is 0 Å². The maximum atomic E-state index is 13.3. The highest BCUT2D eigenvalue weighted by Gasteiger charge is 2.31. The van der Waals surface area contributed by atoms with Crippen LogP contribution < -0.4 is 14.4 Å². The molecule has 1 amide bonds. The van der Waals surface area contributed by atoms with Crippen molar-refractivity contribution >= 4 is 21.6 Å². The molecular formula is C22H29FN2O4S. The van der Waals surface area contributed by atoms with Crippen LogP contribution in [0, 0.1) is 5.82 Å². The highest BCUT2D eigenvalue weighted by Crippen LogP contribution is 2.23. The fraction of sp³-hybridized carbons (Fsp3) is 0.409. The van der Waals surface area contributed by atoms with Gasteiger partial charge in [-0.1, -0.05) is 25.1 Å². The van der Waals surface area contributed by atoms with Crippen molar-refractivity contribution in [1.82, 2.24) is 5.32 Å². The molecule has 2 aromatic rings. The number of rotatable bonds is 11. The van der Waals surface area contributed by atoms with Crippen molar-refractivity contribution in [3.8, 4) is 5.75 Å². The number of hydrogen-bond acceptors (Lipinski definition) is 4. The van der Waals surface area contributed by atoms with Crippen molar-refractivity contribution in [3.63, 3.8) is 0 Å². The lowest BCUT2D eigenvalue weighted by molar-refractivity contribution is -0.122. The number of carbonyl (C=O) groups excluding carboxylic acids is 1.